The highest BCUT2D eigenvalue weighted by Gasteiger charge is 2.27. The summed E-state index contributed by atoms with van der Waals surface area (Å²) in [4.78, 5) is 10.5. The predicted molar refractivity (Wildman–Crippen MR) is 76.3 cm³/mol. The summed E-state index contributed by atoms with van der Waals surface area (Å²) in [6.07, 6.45) is 0. The molecule has 2 aromatic rings. The standard InChI is InChI=1S/C13H12FNO4S2/c1-15(8-9-3-2-4-10(14)7-9)21(18,19)11-5-6-20-12(11)13(16)17/h2-7H,8H2,1H3,(H,16,17). The molecule has 1 aromatic carbocycles. The Balaban J connectivity index is 2.31. The van der Waals surface area contributed by atoms with Crippen LogP contribution in [0.5, 0.6) is 0 Å². The molecule has 0 unspecified atom stereocenters. The van der Waals surface area contributed by atoms with Crippen molar-refractivity contribution >= 4 is 27.3 Å². The van der Waals surface area contributed by atoms with Gasteiger partial charge in [0.15, 0.2) is 0 Å². The van der Waals surface area contributed by atoms with E-state index in [4.69, 9.17) is 5.11 Å². The average molecular weight is 329 g/mol. The number of sulfonamides is 1. The Hall–Kier alpha value is -1.77. The van der Waals surface area contributed by atoms with Crippen LogP contribution in [0.2, 0.25) is 0 Å². The monoisotopic (exact) mass is 329 g/mol. The number of thiophene rings is 1. The number of rotatable bonds is 5. The molecule has 0 aliphatic rings. The topological polar surface area (TPSA) is 74.7 Å². The fourth-order valence-electron chi connectivity index (χ4n) is 1.80. The van der Waals surface area contributed by atoms with E-state index in [2.05, 4.69) is 0 Å². The summed E-state index contributed by atoms with van der Waals surface area (Å²) in [6, 6.07) is 6.84. The van der Waals surface area contributed by atoms with E-state index in [0.29, 0.717) is 5.56 Å². The fraction of sp³-hybridized carbons (Fsp3) is 0.154. The lowest BCUT2D eigenvalue weighted by Crippen LogP contribution is -2.27. The summed E-state index contributed by atoms with van der Waals surface area (Å²) >= 11 is 0.845. The Kier molecular flexibility index (Phi) is 4.40. The van der Waals surface area contributed by atoms with E-state index in [1.165, 1.54) is 36.7 Å². The van der Waals surface area contributed by atoms with Crippen LogP contribution in [0.15, 0.2) is 40.6 Å². The summed E-state index contributed by atoms with van der Waals surface area (Å²) in [5.74, 6) is -1.75. The zero-order valence-electron chi connectivity index (χ0n) is 11.0. The van der Waals surface area contributed by atoms with Crippen LogP contribution in [0.1, 0.15) is 15.2 Å². The molecule has 0 fully saturated rings. The molecule has 21 heavy (non-hydrogen) atoms. The number of carboxylic acids is 1. The second-order valence-electron chi connectivity index (χ2n) is 4.31. The van der Waals surface area contributed by atoms with Gasteiger partial charge >= 0.3 is 5.97 Å². The average Bonchev–Trinajstić information content (AvgIpc) is 2.88. The van der Waals surface area contributed by atoms with Crippen molar-refractivity contribution in [3.05, 3.63) is 52.0 Å². The predicted octanol–water partition coefficient (Wildman–Crippen LogP) is 2.41. The number of hydrogen-bond acceptors (Lipinski definition) is 4. The number of hydrogen-bond donors (Lipinski definition) is 1. The molecule has 0 saturated carbocycles. The van der Waals surface area contributed by atoms with Gasteiger partial charge in [-0.05, 0) is 29.1 Å². The van der Waals surface area contributed by atoms with Crippen molar-refractivity contribution in [2.24, 2.45) is 0 Å². The third-order valence-corrected chi connectivity index (χ3v) is 5.68. The Bertz CT molecular complexity index is 770. The second kappa shape index (κ2) is 5.92. The third-order valence-electron chi connectivity index (χ3n) is 2.81. The molecular formula is C13H12FNO4S2. The Labute approximate surface area is 125 Å². The van der Waals surface area contributed by atoms with Crippen molar-refractivity contribution in [1.29, 1.82) is 0 Å². The first-order valence-corrected chi connectivity index (χ1v) is 8.16. The molecule has 0 amide bonds. The summed E-state index contributed by atoms with van der Waals surface area (Å²) in [6.45, 7) is -0.0466. The molecule has 0 atom stereocenters. The molecule has 0 bridgehead atoms. The molecule has 5 nitrogen and oxygen atoms in total. The lowest BCUT2D eigenvalue weighted by atomic mass is 10.2. The molecule has 112 valence electrons. The smallest absolute Gasteiger partial charge is 0.347 e. The van der Waals surface area contributed by atoms with Crippen LogP contribution < -0.4 is 0 Å². The van der Waals surface area contributed by atoms with E-state index in [1.54, 1.807) is 6.07 Å². The van der Waals surface area contributed by atoms with Crippen LogP contribution in [0, 0.1) is 5.82 Å². The highest BCUT2D eigenvalue weighted by Crippen LogP contribution is 2.25. The molecule has 0 spiro atoms. The number of halogens is 1. The van der Waals surface area contributed by atoms with Crippen molar-refractivity contribution in [3.63, 3.8) is 0 Å². The Morgan fingerprint density at radius 3 is 2.71 bits per heavy atom. The molecule has 8 heteroatoms. The van der Waals surface area contributed by atoms with Crippen LogP contribution in [0.3, 0.4) is 0 Å². The zero-order chi connectivity index (χ0) is 15.6. The van der Waals surface area contributed by atoms with Gasteiger partial charge in [0.2, 0.25) is 10.0 Å². The number of carbonyl (C=O) groups is 1. The lowest BCUT2D eigenvalue weighted by Gasteiger charge is -2.17. The van der Waals surface area contributed by atoms with Crippen LogP contribution in [-0.4, -0.2) is 30.8 Å². The van der Waals surface area contributed by atoms with Crippen LogP contribution >= 0.6 is 11.3 Å². The van der Waals surface area contributed by atoms with Crippen molar-refractivity contribution in [1.82, 2.24) is 4.31 Å². The summed E-state index contributed by atoms with van der Waals surface area (Å²) in [5, 5.41) is 10.4. The van der Waals surface area contributed by atoms with Crippen molar-refractivity contribution in [3.8, 4) is 0 Å². The van der Waals surface area contributed by atoms with Crippen LogP contribution in [0.25, 0.3) is 0 Å². The molecular weight excluding hydrogens is 317 g/mol. The molecule has 2 rings (SSSR count). The lowest BCUT2D eigenvalue weighted by molar-refractivity contribution is 0.0698. The number of carboxylic acid groups (broad SMARTS) is 1. The van der Waals surface area contributed by atoms with Gasteiger partial charge in [0.05, 0.1) is 0 Å². The summed E-state index contributed by atoms with van der Waals surface area (Å²) in [5.41, 5.74) is 0.480. The molecule has 1 aromatic heterocycles. The first-order chi connectivity index (χ1) is 9.82. The minimum atomic E-state index is -3.94. The molecule has 0 aliphatic carbocycles. The zero-order valence-corrected chi connectivity index (χ0v) is 12.6. The van der Waals surface area contributed by atoms with Crippen molar-refractivity contribution in [2.75, 3.05) is 7.05 Å². The SMILES string of the molecule is CN(Cc1cccc(F)c1)S(=O)(=O)c1ccsc1C(=O)O. The Morgan fingerprint density at radius 1 is 1.38 bits per heavy atom. The number of benzene rings is 1. The quantitative estimate of drug-likeness (QED) is 0.914. The molecule has 0 aliphatic heterocycles. The van der Waals surface area contributed by atoms with Gasteiger partial charge in [-0.2, -0.15) is 4.31 Å². The maximum Gasteiger partial charge on any atom is 0.347 e. The minimum absolute atomic E-state index is 0.0466. The van der Waals surface area contributed by atoms with Gasteiger partial charge in [0.1, 0.15) is 15.6 Å². The van der Waals surface area contributed by atoms with E-state index in [-0.39, 0.29) is 16.3 Å². The largest absolute Gasteiger partial charge is 0.477 e. The molecule has 0 saturated heterocycles. The Morgan fingerprint density at radius 2 is 2.10 bits per heavy atom. The van der Waals surface area contributed by atoms with Crippen molar-refractivity contribution < 1.29 is 22.7 Å². The maximum atomic E-state index is 13.1. The van der Waals surface area contributed by atoms with Gasteiger partial charge in [-0.3, -0.25) is 0 Å². The number of nitrogens with zero attached hydrogens (tertiary/aromatic N) is 1. The van der Waals surface area contributed by atoms with Gasteiger partial charge in [-0.25, -0.2) is 17.6 Å². The first kappa shape index (κ1) is 15.6. The van der Waals surface area contributed by atoms with Gasteiger partial charge in [-0.1, -0.05) is 12.1 Å². The third kappa shape index (κ3) is 3.29. The fourth-order valence-corrected chi connectivity index (χ4v) is 4.19. The van der Waals surface area contributed by atoms with E-state index in [1.807, 2.05) is 0 Å². The summed E-state index contributed by atoms with van der Waals surface area (Å²) in [7, 11) is -2.62. The van der Waals surface area contributed by atoms with Crippen molar-refractivity contribution in [2.45, 2.75) is 11.4 Å². The highest BCUT2D eigenvalue weighted by molar-refractivity contribution is 7.89. The second-order valence-corrected chi connectivity index (χ2v) is 7.24. The maximum absolute atomic E-state index is 13.1. The van der Waals surface area contributed by atoms with Gasteiger partial charge in [-0.15, -0.1) is 11.3 Å². The van der Waals surface area contributed by atoms with Crippen LogP contribution in [0.4, 0.5) is 4.39 Å². The van der Waals surface area contributed by atoms with E-state index in [0.717, 1.165) is 15.6 Å². The van der Waals surface area contributed by atoms with E-state index < -0.39 is 21.8 Å². The van der Waals surface area contributed by atoms with Gasteiger partial charge in [0.25, 0.3) is 0 Å². The normalized spacial score (nSPS) is 11.8. The summed E-state index contributed by atoms with van der Waals surface area (Å²) < 4.78 is 38.9. The van der Waals surface area contributed by atoms with Gasteiger partial charge < -0.3 is 5.11 Å². The first-order valence-electron chi connectivity index (χ1n) is 5.84. The molecule has 1 heterocycles. The van der Waals surface area contributed by atoms with Crippen LogP contribution in [-0.2, 0) is 16.6 Å². The van der Waals surface area contributed by atoms with E-state index in [9.17, 15) is 17.6 Å². The molecule has 1 N–H and O–H groups in total. The van der Waals surface area contributed by atoms with Gasteiger partial charge in [0, 0.05) is 13.6 Å². The molecule has 0 radical (unpaired) electrons. The minimum Gasteiger partial charge on any atom is -0.477 e. The number of aromatic carboxylic acids is 1. The van der Waals surface area contributed by atoms with E-state index >= 15 is 0 Å². The highest BCUT2D eigenvalue weighted by atomic mass is 32.2.